The van der Waals surface area contributed by atoms with E-state index in [4.69, 9.17) is 4.74 Å². The van der Waals surface area contributed by atoms with E-state index in [1.807, 2.05) is 24.3 Å². The summed E-state index contributed by atoms with van der Waals surface area (Å²) in [6.07, 6.45) is 4.63. The van der Waals surface area contributed by atoms with E-state index < -0.39 is 0 Å². The number of ketones is 1. The Labute approximate surface area is 105 Å². The summed E-state index contributed by atoms with van der Waals surface area (Å²) in [5.74, 6) is 1.63. The van der Waals surface area contributed by atoms with Gasteiger partial charge in [0.2, 0.25) is 0 Å². The molecule has 1 aromatic heterocycles. The van der Waals surface area contributed by atoms with Crippen molar-refractivity contribution >= 4 is 5.78 Å². The average Bonchev–Trinajstić information content (AvgIpc) is 2.93. The molecule has 0 radical (unpaired) electrons. The monoisotopic (exact) mass is 242 g/mol. The summed E-state index contributed by atoms with van der Waals surface area (Å²) in [4.78, 5) is 18.9. The molecule has 0 aliphatic carbocycles. The van der Waals surface area contributed by atoms with Crippen LogP contribution in [0, 0.1) is 0 Å². The van der Waals surface area contributed by atoms with Gasteiger partial charge in [-0.05, 0) is 24.0 Å². The molecule has 0 spiro atoms. The number of hydrogen-bond donors (Lipinski definition) is 1. The van der Waals surface area contributed by atoms with Gasteiger partial charge in [0.15, 0.2) is 11.6 Å². The van der Waals surface area contributed by atoms with Crippen LogP contribution in [-0.2, 0) is 0 Å². The van der Waals surface area contributed by atoms with Crippen molar-refractivity contribution in [1.29, 1.82) is 0 Å². The standard InChI is InChI=1S/C14H14N2O2/c17-12(14-15-6-7-16-14)9-10-5-8-18-13-4-2-1-3-11(10)13/h1-4,6-7,10H,5,8-9H2,(H,15,16). The van der Waals surface area contributed by atoms with Gasteiger partial charge in [-0.25, -0.2) is 4.98 Å². The average molecular weight is 242 g/mol. The lowest BCUT2D eigenvalue weighted by molar-refractivity contribution is 0.0956. The van der Waals surface area contributed by atoms with Gasteiger partial charge in [-0.15, -0.1) is 0 Å². The SMILES string of the molecule is O=C(CC1CCOc2ccccc21)c1ncc[nH]1. The zero-order valence-electron chi connectivity index (χ0n) is 9.93. The summed E-state index contributed by atoms with van der Waals surface area (Å²) in [5, 5.41) is 0. The van der Waals surface area contributed by atoms with Crippen molar-refractivity contribution in [2.45, 2.75) is 18.8 Å². The second-order valence-corrected chi connectivity index (χ2v) is 4.44. The van der Waals surface area contributed by atoms with Crippen molar-refractivity contribution in [2.24, 2.45) is 0 Å². The molecule has 4 nitrogen and oxygen atoms in total. The van der Waals surface area contributed by atoms with Gasteiger partial charge in [0, 0.05) is 18.8 Å². The van der Waals surface area contributed by atoms with E-state index in [0.29, 0.717) is 18.9 Å². The molecular weight excluding hydrogens is 228 g/mol. The summed E-state index contributed by atoms with van der Waals surface area (Å²) >= 11 is 0. The van der Waals surface area contributed by atoms with Crippen LogP contribution >= 0.6 is 0 Å². The molecule has 0 fully saturated rings. The van der Waals surface area contributed by atoms with Gasteiger partial charge in [0.25, 0.3) is 0 Å². The number of aromatic nitrogens is 2. The molecular formula is C14H14N2O2. The lowest BCUT2D eigenvalue weighted by Gasteiger charge is -2.25. The highest BCUT2D eigenvalue weighted by Gasteiger charge is 2.24. The number of aromatic amines is 1. The maximum atomic E-state index is 12.0. The predicted molar refractivity (Wildman–Crippen MR) is 66.8 cm³/mol. The van der Waals surface area contributed by atoms with Gasteiger partial charge < -0.3 is 9.72 Å². The molecule has 2 heterocycles. The largest absolute Gasteiger partial charge is 0.493 e. The van der Waals surface area contributed by atoms with Gasteiger partial charge in [0.1, 0.15) is 5.75 Å². The number of benzene rings is 1. The number of H-pyrrole nitrogens is 1. The van der Waals surface area contributed by atoms with Gasteiger partial charge in [-0.2, -0.15) is 0 Å². The minimum absolute atomic E-state index is 0.0571. The van der Waals surface area contributed by atoms with E-state index in [2.05, 4.69) is 9.97 Å². The topological polar surface area (TPSA) is 55.0 Å². The quantitative estimate of drug-likeness (QED) is 0.841. The predicted octanol–water partition coefficient (Wildman–Crippen LogP) is 2.55. The summed E-state index contributed by atoms with van der Waals surface area (Å²) in [6, 6.07) is 7.93. The number of ether oxygens (including phenoxy) is 1. The maximum absolute atomic E-state index is 12.0. The van der Waals surface area contributed by atoms with Crippen LogP contribution in [0.3, 0.4) is 0 Å². The van der Waals surface area contributed by atoms with Crippen molar-refractivity contribution in [3.05, 3.63) is 48.0 Å². The van der Waals surface area contributed by atoms with Crippen molar-refractivity contribution in [1.82, 2.24) is 9.97 Å². The van der Waals surface area contributed by atoms with E-state index in [9.17, 15) is 4.79 Å². The fraction of sp³-hybridized carbons (Fsp3) is 0.286. The number of Topliss-reactive ketones (excluding diaryl/α,β-unsaturated/α-hetero) is 1. The number of nitrogens with one attached hydrogen (secondary N) is 1. The van der Waals surface area contributed by atoms with Crippen LogP contribution < -0.4 is 4.74 Å². The number of rotatable bonds is 3. The Morgan fingerprint density at radius 3 is 3.17 bits per heavy atom. The third kappa shape index (κ3) is 2.01. The van der Waals surface area contributed by atoms with Gasteiger partial charge in [-0.3, -0.25) is 4.79 Å². The highest BCUT2D eigenvalue weighted by Crippen LogP contribution is 2.35. The molecule has 3 rings (SSSR count). The van der Waals surface area contributed by atoms with E-state index in [1.165, 1.54) is 0 Å². The van der Waals surface area contributed by atoms with Crippen molar-refractivity contribution in [3.8, 4) is 5.75 Å². The Morgan fingerprint density at radius 2 is 2.33 bits per heavy atom. The van der Waals surface area contributed by atoms with Crippen LogP contribution in [0.25, 0.3) is 0 Å². The van der Waals surface area contributed by atoms with Crippen LogP contribution in [0.4, 0.5) is 0 Å². The van der Waals surface area contributed by atoms with E-state index >= 15 is 0 Å². The molecule has 1 aliphatic rings. The lowest BCUT2D eigenvalue weighted by atomic mass is 9.88. The number of fused-ring (bicyclic) bond motifs is 1. The van der Waals surface area contributed by atoms with Crippen molar-refractivity contribution in [2.75, 3.05) is 6.61 Å². The molecule has 4 heteroatoms. The minimum Gasteiger partial charge on any atom is -0.493 e. The number of imidazole rings is 1. The van der Waals surface area contributed by atoms with Crippen LogP contribution in [0.2, 0.25) is 0 Å². The van der Waals surface area contributed by atoms with Gasteiger partial charge in [-0.1, -0.05) is 18.2 Å². The summed E-state index contributed by atoms with van der Waals surface area (Å²) in [5.41, 5.74) is 1.13. The highest BCUT2D eigenvalue weighted by atomic mass is 16.5. The Kier molecular flexibility index (Phi) is 2.84. The van der Waals surface area contributed by atoms with E-state index in [1.54, 1.807) is 12.4 Å². The molecule has 2 aromatic rings. The van der Waals surface area contributed by atoms with Crippen LogP contribution in [-0.4, -0.2) is 22.4 Å². The summed E-state index contributed by atoms with van der Waals surface area (Å²) < 4.78 is 5.59. The zero-order chi connectivity index (χ0) is 12.4. The van der Waals surface area contributed by atoms with Crippen LogP contribution in [0.1, 0.15) is 34.9 Å². The Bertz CT molecular complexity index is 549. The first-order valence-corrected chi connectivity index (χ1v) is 6.09. The number of hydrogen-bond acceptors (Lipinski definition) is 3. The highest BCUT2D eigenvalue weighted by molar-refractivity contribution is 5.93. The third-order valence-corrected chi connectivity index (χ3v) is 3.28. The molecule has 1 aromatic carbocycles. The minimum atomic E-state index is 0.0571. The lowest BCUT2D eigenvalue weighted by Crippen LogP contribution is -2.17. The molecule has 0 saturated carbocycles. The third-order valence-electron chi connectivity index (χ3n) is 3.28. The first-order valence-electron chi connectivity index (χ1n) is 6.09. The molecule has 1 atom stereocenters. The van der Waals surface area contributed by atoms with Crippen LogP contribution in [0.15, 0.2) is 36.7 Å². The number of nitrogens with zero attached hydrogens (tertiary/aromatic N) is 1. The first-order chi connectivity index (χ1) is 8.84. The maximum Gasteiger partial charge on any atom is 0.198 e. The summed E-state index contributed by atoms with van der Waals surface area (Å²) in [7, 11) is 0. The Balaban J connectivity index is 1.80. The van der Waals surface area contributed by atoms with Crippen molar-refractivity contribution in [3.63, 3.8) is 0 Å². The Morgan fingerprint density at radius 1 is 1.44 bits per heavy atom. The molecule has 0 bridgehead atoms. The van der Waals surface area contributed by atoms with E-state index in [-0.39, 0.29) is 11.7 Å². The zero-order valence-corrected chi connectivity index (χ0v) is 9.93. The van der Waals surface area contributed by atoms with Gasteiger partial charge >= 0.3 is 0 Å². The first kappa shape index (κ1) is 11.0. The fourth-order valence-corrected chi connectivity index (χ4v) is 2.37. The smallest absolute Gasteiger partial charge is 0.198 e. The number of carbonyl (C=O) groups excluding carboxylic acids is 1. The molecule has 1 aliphatic heterocycles. The number of para-hydroxylation sites is 1. The van der Waals surface area contributed by atoms with E-state index in [0.717, 1.165) is 17.7 Å². The second-order valence-electron chi connectivity index (χ2n) is 4.44. The normalized spacial score (nSPS) is 17.9. The fourth-order valence-electron chi connectivity index (χ4n) is 2.37. The van der Waals surface area contributed by atoms with Gasteiger partial charge in [0.05, 0.1) is 6.61 Å². The molecule has 1 N–H and O–H groups in total. The molecule has 92 valence electrons. The van der Waals surface area contributed by atoms with Crippen LogP contribution in [0.5, 0.6) is 5.75 Å². The second kappa shape index (κ2) is 4.64. The number of carbonyl (C=O) groups is 1. The molecule has 0 saturated heterocycles. The molecule has 1 unspecified atom stereocenters. The molecule has 18 heavy (non-hydrogen) atoms. The molecule has 0 amide bonds. The summed E-state index contributed by atoms with van der Waals surface area (Å²) in [6.45, 7) is 0.674. The Hall–Kier alpha value is -2.10. The van der Waals surface area contributed by atoms with Crippen molar-refractivity contribution < 1.29 is 9.53 Å².